The van der Waals surface area contributed by atoms with Crippen LogP contribution in [0.4, 0.5) is 0 Å². The molecule has 0 N–H and O–H groups in total. The summed E-state index contributed by atoms with van der Waals surface area (Å²) in [4.78, 5) is 4.49. The predicted molar refractivity (Wildman–Crippen MR) is 70.9 cm³/mol. The summed E-state index contributed by atoms with van der Waals surface area (Å²) in [5, 5.41) is 20.6. The van der Waals surface area contributed by atoms with Gasteiger partial charge in [0.15, 0.2) is 0 Å². The summed E-state index contributed by atoms with van der Waals surface area (Å²) in [6.45, 7) is 3.71. The van der Waals surface area contributed by atoms with Gasteiger partial charge in [-0.3, -0.25) is 0 Å². The van der Waals surface area contributed by atoms with Crippen molar-refractivity contribution in [2.45, 2.75) is 19.3 Å². The number of thiazole rings is 1. The molecule has 0 radical (unpaired) electrons. The lowest BCUT2D eigenvalue weighted by Crippen LogP contribution is -2.13. The summed E-state index contributed by atoms with van der Waals surface area (Å²) in [5.74, 6) is 0. The van der Waals surface area contributed by atoms with Crippen molar-refractivity contribution >= 4 is 11.3 Å². The predicted octanol–water partition coefficient (Wildman–Crippen LogP) is 3.48. The summed E-state index contributed by atoms with van der Waals surface area (Å²) in [5.41, 5.74) is 1.88. The van der Waals surface area contributed by atoms with E-state index in [2.05, 4.69) is 17.1 Å². The zero-order chi connectivity index (χ0) is 13.2. The van der Waals surface area contributed by atoms with Crippen LogP contribution in [0.25, 0.3) is 11.3 Å². The first-order chi connectivity index (χ1) is 8.56. The van der Waals surface area contributed by atoms with Gasteiger partial charge in [0, 0.05) is 10.9 Å². The molecular formula is C14H11N3S. The van der Waals surface area contributed by atoms with E-state index in [1.54, 1.807) is 12.1 Å². The average Bonchev–Trinajstić information content (AvgIpc) is 2.89. The molecule has 0 aliphatic rings. The lowest BCUT2D eigenvalue weighted by molar-refractivity contribution is 0.680. The van der Waals surface area contributed by atoms with Crippen LogP contribution < -0.4 is 0 Å². The minimum absolute atomic E-state index is 0.560. The molecule has 0 saturated heterocycles. The summed E-state index contributed by atoms with van der Waals surface area (Å²) in [6, 6.07) is 11.6. The Morgan fingerprint density at radius 3 is 2.39 bits per heavy atom. The van der Waals surface area contributed by atoms with E-state index in [1.165, 1.54) is 11.3 Å². The van der Waals surface area contributed by atoms with E-state index in [4.69, 9.17) is 10.5 Å². The maximum absolute atomic E-state index is 9.08. The van der Waals surface area contributed by atoms with Crippen molar-refractivity contribution in [2.75, 3.05) is 0 Å². The molecule has 18 heavy (non-hydrogen) atoms. The fourth-order valence-electron chi connectivity index (χ4n) is 1.46. The minimum atomic E-state index is -0.560. The average molecular weight is 253 g/mol. The van der Waals surface area contributed by atoms with Gasteiger partial charge in [-0.1, -0.05) is 12.1 Å². The van der Waals surface area contributed by atoms with Gasteiger partial charge < -0.3 is 0 Å². The number of rotatable bonds is 2. The van der Waals surface area contributed by atoms with Crippen molar-refractivity contribution in [1.82, 2.24) is 4.98 Å². The Hall–Kier alpha value is -2.17. The number of nitriles is 2. The van der Waals surface area contributed by atoms with E-state index in [-0.39, 0.29) is 0 Å². The quantitative estimate of drug-likeness (QED) is 0.823. The molecule has 0 amide bonds. The number of hydrogen-bond donors (Lipinski definition) is 0. The van der Waals surface area contributed by atoms with Gasteiger partial charge >= 0.3 is 0 Å². The first-order valence-electron chi connectivity index (χ1n) is 5.44. The molecule has 0 aliphatic carbocycles. The molecule has 0 bridgehead atoms. The van der Waals surface area contributed by atoms with Gasteiger partial charge in [0.05, 0.1) is 23.4 Å². The van der Waals surface area contributed by atoms with E-state index in [1.807, 2.05) is 31.4 Å². The molecule has 4 heteroatoms. The third-order valence-corrected chi connectivity index (χ3v) is 3.79. The van der Waals surface area contributed by atoms with Gasteiger partial charge in [-0.15, -0.1) is 11.3 Å². The Balaban J connectivity index is 2.36. The smallest absolute Gasteiger partial charge is 0.113 e. The molecular weight excluding hydrogens is 242 g/mol. The van der Waals surface area contributed by atoms with E-state index in [9.17, 15) is 0 Å². The topological polar surface area (TPSA) is 60.5 Å². The van der Waals surface area contributed by atoms with Crippen LogP contribution in [-0.2, 0) is 5.41 Å². The highest BCUT2D eigenvalue weighted by Crippen LogP contribution is 2.29. The van der Waals surface area contributed by atoms with E-state index >= 15 is 0 Å². The number of benzene rings is 1. The van der Waals surface area contributed by atoms with Gasteiger partial charge in [0.25, 0.3) is 0 Å². The largest absolute Gasteiger partial charge is 0.240 e. The van der Waals surface area contributed by atoms with Crippen LogP contribution in [0.3, 0.4) is 0 Å². The lowest BCUT2D eigenvalue weighted by Gasteiger charge is -2.09. The van der Waals surface area contributed by atoms with Crippen LogP contribution in [0.15, 0.2) is 29.6 Å². The Morgan fingerprint density at radius 2 is 1.83 bits per heavy atom. The molecule has 0 fully saturated rings. The van der Waals surface area contributed by atoms with Crippen molar-refractivity contribution in [3.8, 4) is 23.4 Å². The molecule has 3 nitrogen and oxygen atoms in total. The highest BCUT2D eigenvalue weighted by Gasteiger charge is 2.23. The zero-order valence-corrected chi connectivity index (χ0v) is 11.0. The molecule has 0 spiro atoms. The van der Waals surface area contributed by atoms with Crippen LogP contribution in [0.2, 0.25) is 0 Å². The van der Waals surface area contributed by atoms with Gasteiger partial charge in [-0.2, -0.15) is 10.5 Å². The first kappa shape index (κ1) is 12.3. The molecule has 1 aromatic heterocycles. The third kappa shape index (κ3) is 2.25. The summed E-state index contributed by atoms with van der Waals surface area (Å²) in [6.07, 6.45) is 0. The molecule has 2 rings (SSSR count). The fourth-order valence-corrected chi connectivity index (χ4v) is 2.36. The second-order valence-electron chi connectivity index (χ2n) is 4.46. The van der Waals surface area contributed by atoms with E-state index < -0.39 is 5.41 Å². The molecule has 1 aromatic carbocycles. The molecule has 0 aliphatic heterocycles. The van der Waals surface area contributed by atoms with Crippen LogP contribution in [0.5, 0.6) is 0 Å². The van der Waals surface area contributed by atoms with Crippen molar-refractivity contribution in [2.24, 2.45) is 0 Å². The fraction of sp³-hybridized carbons (Fsp3) is 0.214. The summed E-state index contributed by atoms with van der Waals surface area (Å²) < 4.78 is 0. The van der Waals surface area contributed by atoms with Gasteiger partial charge in [0.1, 0.15) is 10.4 Å². The van der Waals surface area contributed by atoms with E-state index in [0.717, 1.165) is 16.3 Å². The zero-order valence-electron chi connectivity index (χ0n) is 10.1. The molecule has 88 valence electrons. The van der Waals surface area contributed by atoms with Gasteiger partial charge in [-0.05, 0) is 26.0 Å². The summed E-state index contributed by atoms with van der Waals surface area (Å²) in [7, 11) is 0. The monoisotopic (exact) mass is 253 g/mol. The summed E-state index contributed by atoms with van der Waals surface area (Å²) >= 11 is 1.49. The SMILES string of the molecule is CC(C)(C#N)c1nc(-c2ccc(C#N)cc2)cs1. The van der Waals surface area contributed by atoms with Crippen LogP contribution in [0.1, 0.15) is 24.4 Å². The van der Waals surface area contributed by atoms with Crippen molar-refractivity contribution < 1.29 is 0 Å². The van der Waals surface area contributed by atoms with Crippen molar-refractivity contribution in [3.63, 3.8) is 0 Å². The number of nitrogens with zero attached hydrogens (tertiary/aromatic N) is 3. The molecule has 0 unspecified atom stereocenters. The second-order valence-corrected chi connectivity index (χ2v) is 5.32. The van der Waals surface area contributed by atoms with Crippen LogP contribution in [-0.4, -0.2) is 4.98 Å². The molecule has 1 heterocycles. The molecule has 0 atom stereocenters. The van der Waals surface area contributed by atoms with Crippen LogP contribution >= 0.6 is 11.3 Å². The van der Waals surface area contributed by atoms with Crippen molar-refractivity contribution in [3.05, 3.63) is 40.2 Å². The standard InChI is InChI=1S/C14H11N3S/c1-14(2,9-16)13-17-12(8-18-13)11-5-3-10(7-15)4-6-11/h3-6,8H,1-2H3. The maximum Gasteiger partial charge on any atom is 0.113 e. The Morgan fingerprint density at radius 1 is 1.17 bits per heavy atom. The maximum atomic E-state index is 9.08. The van der Waals surface area contributed by atoms with Crippen LogP contribution in [0, 0.1) is 22.7 Å². The van der Waals surface area contributed by atoms with E-state index in [0.29, 0.717) is 5.56 Å². The Kier molecular flexibility index (Phi) is 3.14. The van der Waals surface area contributed by atoms with Crippen molar-refractivity contribution in [1.29, 1.82) is 10.5 Å². The van der Waals surface area contributed by atoms with Gasteiger partial charge in [-0.25, -0.2) is 4.98 Å². The highest BCUT2D eigenvalue weighted by molar-refractivity contribution is 7.10. The number of hydrogen-bond acceptors (Lipinski definition) is 4. The molecule has 0 saturated carbocycles. The normalized spacial score (nSPS) is 10.7. The molecule has 2 aromatic rings. The number of aromatic nitrogens is 1. The minimum Gasteiger partial charge on any atom is -0.240 e. The Labute approximate surface area is 110 Å². The Bertz CT molecular complexity index is 639. The first-order valence-corrected chi connectivity index (χ1v) is 6.32. The second kappa shape index (κ2) is 4.60. The highest BCUT2D eigenvalue weighted by atomic mass is 32.1. The third-order valence-electron chi connectivity index (χ3n) is 2.63. The lowest BCUT2D eigenvalue weighted by atomic mass is 9.97. The van der Waals surface area contributed by atoms with Gasteiger partial charge in [0.2, 0.25) is 0 Å².